The van der Waals surface area contributed by atoms with E-state index in [1.165, 1.54) is 19.3 Å². The van der Waals surface area contributed by atoms with Gasteiger partial charge in [-0.2, -0.15) is 0 Å². The lowest BCUT2D eigenvalue weighted by Crippen LogP contribution is -2.33. The van der Waals surface area contributed by atoms with Crippen LogP contribution < -0.4 is 0 Å². The molecule has 0 N–H and O–H groups in total. The summed E-state index contributed by atoms with van der Waals surface area (Å²) in [5, 5.41) is 0. The fourth-order valence-corrected chi connectivity index (χ4v) is 4.31. The minimum Gasteiger partial charge on any atom is -0.0692 e. The maximum atomic E-state index is 2.54. The molecule has 1 heteroatoms. The molecule has 1 heterocycles. The summed E-state index contributed by atoms with van der Waals surface area (Å²) in [6, 6.07) is 1.58. The SMILES string of the molecule is CC.CC1CCCC[Si]1(C)C. The third-order valence-electron chi connectivity index (χ3n) is 3.04. The average Bonchev–Trinajstić information content (AvgIpc) is 2.00. The van der Waals surface area contributed by atoms with Crippen LogP contribution in [-0.4, -0.2) is 8.07 Å². The van der Waals surface area contributed by atoms with Crippen molar-refractivity contribution in [3.63, 3.8) is 0 Å². The van der Waals surface area contributed by atoms with Gasteiger partial charge >= 0.3 is 0 Å². The van der Waals surface area contributed by atoms with E-state index in [0.717, 1.165) is 5.54 Å². The second kappa shape index (κ2) is 4.97. The zero-order chi connectivity index (χ0) is 8.91. The van der Waals surface area contributed by atoms with Gasteiger partial charge in [-0.05, 0) is 5.54 Å². The highest BCUT2D eigenvalue weighted by Crippen LogP contribution is 2.36. The van der Waals surface area contributed by atoms with E-state index in [2.05, 4.69) is 20.0 Å². The van der Waals surface area contributed by atoms with Crippen LogP contribution in [0.25, 0.3) is 0 Å². The molecule has 0 aromatic rings. The topological polar surface area (TPSA) is 0 Å². The van der Waals surface area contributed by atoms with E-state index in [9.17, 15) is 0 Å². The highest BCUT2D eigenvalue weighted by atomic mass is 28.3. The molecule has 1 fully saturated rings. The molecular weight excluding hydrogens is 148 g/mol. The first kappa shape index (κ1) is 11.2. The van der Waals surface area contributed by atoms with E-state index >= 15 is 0 Å². The first-order valence-electron chi connectivity index (χ1n) is 5.13. The van der Waals surface area contributed by atoms with Crippen molar-refractivity contribution < 1.29 is 0 Å². The van der Waals surface area contributed by atoms with Gasteiger partial charge in [-0.15, -0.1) is 0 Å². The van der Waals surface area contributed by atoms with Gasteiger partial charge in [0.15, 0.2) is 0 Å². The standard InChI is InChI=1S/C8H18Si.C2H6/c1-8-6-4-5-7-9(8,2)3;1-2/h8H,4-7H2,1-3H3;1-2H3. The lowest BCUT2D eigenvalue weighted by molar-refractivity contribution is 0.635. The Bertz CT molecular complexity index is 97.0. The van der Waals surface area contributed by atoms with Crippen LogP contribution in [0.4, 0.5) is 0 Å². The van der Waals surface area contributed by atoms with Gasteiger partial charge in [-0.25, -0.2) is 0 Å². The van der Waals surface area contributed by atoms with Gasteiger partial charge in [-0.1, -0.05) is 59.2 Å². The molecule has 1 rings (SSSR count). The van der Waals surface area contributed by atoms with E-state index in [1.54, 1.807) is 6.04 Å². The van der Waals surface area contributed by atoms with Crippen LogP contribution in [0.15, 0.2) is 0 Å². The van der Waals surface area contributed by atoms with Crippen LogP contribution in [0, 0.1) is 0 Å². The Morgan fingerprint density at radius 2 is 1.64 bits per heavy atom. The normalized spacial score (nSPS) is 28.6. The second-order valence-electron chi connectivity index (χ2n) is 4.14. The quantitative estimate of drug-likeness (QED) is 0.478. The molecule has 0 aliphatic carbocycles. The molecule has 0 nitrogen and oxygen atoms in total. The van der Waals surface area contributed by atoms with Gasteiger partial charge in [0.05, 0.1) is 8.07 Å². The molecule has 0 spiro atoms. The zero-order valence-corrected chi connectivity index (χ0v) is 9.91. The summed E-state index contributed by atoms with van der Waals surface area (Å²) in [5.74, 6) is 0. The smallest absolute Gasteiger partial charge is 0.0502 e. The monoisotopic (exact) mass is 172 g/mol. The summed E-state index contributed by atoms with van der Waals surface area (Å²) in [6.07, 6.45) is 4.53. The maximum Gasteiger partial charge on any atom is 0.0502 e. The first-order valence-corrected chi connectivity index (χ1v) is 8.41. The van der Waals surface area contributed by atoms with E-state index in [-0.39, 0.29) is 0 Å². The highest BCUT2D eigenvalue weighted by molar-refractivity contribution is 6.78. The zero-order valence-electron chi connectivity index (χ0n) is 8.91. The number of hydrogen-bond donors (Lipinski definition) is 0. The molecule has 0 bridgehead atoms. The summed E-state index contributed by atoms with van der Waals surface area (Å²) in [6.45, 7) is 11.5. The summed E-state index contributed by atoms with van der Waals surface area (Å²) in [4.78, 5) is 0. The van der Waals surface area contributed by atoms with Crippen LogP contribution >= 0.6 is 0 Å². The van der Waals surface area contributed by atoms with E-state index < -0.39 is 8.07 Å². The summed E-state index contributed by atoms with van der Waals surface area (Å²) < 4.78 is 0. The van der Waals surface area contributed by atoms with Crippen molar-refractivity contribution in [1.29, 1.82) is 0 Å². The molecule has 0 saturated carbocycles. The Morgan fingerprint density at radius 3 is 1.91 bits per heavy atom. The average molecular weight is 172 g/mol. The van der Waals surface area contributed by atoms with E-state index in [1.807, 2.05) is 13.8 Å². The lowest BCUT2D eigenvalue weighted by Gasteiger charge is -2.34. The predicted molar refractivity (Wildman–Crippen MR) is 56.9 cm³/mol. The second-order valence-corrected chi connectivity index (χ2v) is 9.60. The molecule has 0 amide bonds. The van der Waals surface area contributed by atoms with Gasteiger partial charge in [-0.3, -0.25) is 0 Å². The van der Waals surface area contributed by atoms with Crippen molar-refractivity contribution in [3.8, 4) is 0 Å². The Hall–Kier alpha value is 0.217. The van der Waals surface area contributed by atoms with Crippen molar-refractivity contribution in [2.24, 2.45) is 0 Å². The van der Waals surface area contributed by atoms with Gasteiger partial charge in [0.25, 0.3) is 0 Å². The van der Waals surface area contributed by atoms with Crippen molar-refractivity contribution in [3.05, 3.63) is 0 Å². The molecule has 1 saturated heterocycles. The van der Waals surface area contributed by atoms with Crippen LogP contribution in [-0.2, 0) is 0 Å². The third-order valence-corrected chi connectivity index (χ3v) is 7.64. The molecule has 11 heavy (non-hydrogen) atoms. The van der Waals surface area contributed by atoms with E-state index in [0.29, 0.717) is 0 Å². The largest absolute Gasteiger partial charge is 0.0692 e. The predicted octanol–water partition coefficient (Wildman–Crippen LogP) is 4.30. The fraction of sp³-hybridized carbons (Fsp3) is 1.00. The Balaban J connectivity index is 0.000000461. The van der Waals surface area contributed by atoms with Crippen LogP contribution in [0.3, 0.4) is 0 Å². The molecule has 1 unspecified atom stereocenters. The van der Waals surface area contributed by atoms with E-state index in [4.69, 9.17) is 0 Å². The van der Waals surface area contributed by atoms with Gasteiger partial charge < -0.3 is 0 Å². The first-order chi connectivity index (χ1) is 5.13. The lowest BCUT2D eigenvalue weighted by atomic mass is 10.2. The fourth-order valence-electron chi connectivity index (χ4n) is 1.67. The number of hydrogen-bond acceptors (Lipinski definition) is 0. The van der Waals surface area contributed by atoms with Gasteiger partial charge in [0, 0.05) is 0 Å². The summed E-state index contributed by atoms with van der Waals surface area (Å²) in [5.41, 5.74) is 1.09. The van der Waals surface area contributed by atoms with Crippen molar-refractivity contribution in [2.75, 3.05) is 0 Å². The molecule has 1 aliphatic rings. The third kappa shape index (κ3) is 3.41. The minimum atomic E-state index is -0.694. The van der Waals surface area contributed by atoms with Gasteiger partial charge in [0.2, 0.25) is 0 Å². The molecule has 0 aromatic heterocycles. The van der Waals surface area contributed by atoms with Crippen molar-refractivity contribution >= 4 is 8.07 Å². The number of rotatable bonds is 0. The summed E-state index contributed by atoms with van der Waals surface area (Å²) >= 11 is 0. The molecule has 1 aliphatic heterocycles. The molecular formula is C10H24Si. The minimum absolute atomic E-state index is 0.694. The van der Waals surface area contributed by atoms with Crippen LogP contribution in [0.5, 0.6) is 0 Å². The molecule has 0 aromatic carbocycles. The highest BCUT2D eigenvalue weighted by Gasteiger charge is 2.30. The van der Waals surface area contributed by atoms with Gasteiger partial charge in [0.1, 0.15) is 0 Å². The van der Waals surface area contributed by atoms with Crippen molar-refractivity contribution in [2.45, 2.75) is 64.7 Å². The Morgan fingerprint density at radius 1 is 1.09 bits per heavy atom. The maximum absolute atomic E-state index is 2.54. The Labute approximate surface area is 73.4 Å². The van der Waals surface area contributed by atoms with Crippen LogP contribution in [0.2, 0.25) is 24.7 Å². The molecule has 68 valence electrons. The van der Waals surface area contributed by atoms with Crippen molar-refractivity contribution in [1.82, 2.24) is 0 Å². The summed E-state index contributed by atoms with van der Waals surface area (Å²) in [7, 11) is -0.694. The molecule has 0 radical (unpaired) electrons. The van der Waals surface area contributed by atoms with Crippen LogP contribution in [0.1, 0.15) is 40.0 Å². The Kier molecular flexibility index (Phi) is 5.07. The molecule has 1 atom stereocenters.